The van der Waals surface area contributed by atoms with Gasteiger partial charge in [0.15, 0.2) is 0 Å². The molecule has 0 fully saturated rings. The SMILES string of the molecule is CNc1cc(C(C)(F)F)ccn1. The summed E-state index contributed by atoms with van der Waals surface area (Å²) in [5.41, 5.74) is -0.0261. The number of hydrogen-bond donors (Lipinski definition) is 1. The third kappa shape index (κ3) is 1.90. The Kier molecular flexibility index (Phi) is 2.26. The summed E-state index contributed by atoms with van der Waals surface area (Å²) in [5, 5.41) is 2.70. The van der Waals surface area contributed by atoms with Crippen molar-refractivity contribution in [1.29, 1.82) is 0 Å². The van der Waals surface area contributed by atoms with Crippen molar-refractivity contribution in [2.45, 2.75) is 12.8 Å². The number of anilines is 1. The van der Waals surface area contributed by atoms with Gasteiger partial charge in [0.25, 0.3) is 5.92 Å². The van der Waals surface area contributed by atoms with Gasteiger partial charge < -0.3 is 5.32 Å². The summed E-state index contributed by atoms with van der Waals surface area (Å²) in [6, 6.07) is 2.64. The first-order valence-corrected chi connectivity index (χ1v) is 3.56. The van der Waals surface area contributed by atoms with Crippen LogP contribution in [0.1, 0.15) is 12.5 Å². The number of aromatic nitrogens is 1. The standard InChI is InChI=1S/C8H10F2N2/c1-8(9,10)6-3-4-12-7(5-6)11-2/h3-5H,1-2H3,(H,11,12). The highest BCUT2D eigenvalue weighted by Gasteiger charge is 2.24. The van der Waals surface area contributed by atoms with Crippen LogP contribution in [0.3, 0.4) is 0 Å². The molecule has 4 heteroatoms. The minimum absolute atomic E-state index is 0.0261. The van der Waals surface area contributed by atoms with E-state index in [1.165, 1.54) is 18.3 Å². The second kappa shape index (κ2) is 3.05. The lowest BCUT2D eigenvalue weighted by Gasteiger charge is -2.10. The van der Waals surface area contributed by atoms with Gasteiger partial charge in [-0.25, -0.2) is 13.8 Å². The third-order valence-electron chi connectivity index (χ3n) is 1.52. The predicted molar refractivity (Wildman–Crippen MR) is 43.4 cm³/mol. The molecule has 1 rings (SSSR count). The highest BCUT2D eigenvalue weighted by molar-refractivity contribution is 5.37. The van der Waals surface area contributed by atoms with Crippen LogP contribution in [0.15, 0.2) is 18.3 Å². The van der Waals surface area contributed by atoms with Gasteiger partial charge in [0.1, 0.15) is 5.82 Å². The van der Waals surface area contributed by atoms with Crippen molar-refractivity contribution in [1.82, 2.24) is 4.98 Å². The summed E-state index contributed by atoms with van der Waals surface area (Å²) in [7, 11) is 1.64. The maximum Gasteiger partial charge on any atom is 0.270 e. The van der Waals surface area contributed by atoms with E-state index in [1.807, 2.05) is 0 Å². The number of rotatable bonds is 2. The average molecular weight is 172 g/mol. The van der Waals surface area contributed by atoms with Gasteiger partial charge in [0.2, 0.25) is 0 Å². The van der Waals surface area contributed by atoms with Gasteiger partial charge in [0, 0.05) is 25.7 Å². The topological polar surface area (TPSA) is 24.9 Å². The van der Waals surface area contributed by atoms with Gasteiger partial charge in [-0.1, -0.05) is 0 Å². The zero-order valence-corrected chi connectivity index (χ0v) is 6.94. The van der Waals surface area contributed by atoms with Crippen molar-refractivity contribution >= 4 is 5.82 Å². The molecule has 0 aromatic carbocycles. The van der Waals surface area contributed by atoms with E-state index in [0.29, 0.717) is 5.82 Å². The van der Waals surface area contributed by atoms with E-state index in [9.17, 15) is 8.78 Å². The van der Waals surface area contributed by atoms with Crippen LogP contribution in [0.25, 0.3) is 0 Å². The Morgan fingerprint density at radius 1 is 1.50 bits per heavy atom. The van der Waals surface area contributed by atoms with Gasteiger partial charge in [0.05, 0.1) is 0 Å². The van der Waals surface area contributed by atoms with E-state index in [-0.39, 0.29) is 5.56 Å². The molecular formula is C8H10F2N2. The molecule has 0 amide bonds. The minimum atomic E-state index is -2.80. The lowest BCUT2D eigenvalue weighted by atomic mass is 10.1. The first-order chi connectivity index (χ1) is 5.54. The van der Waals surface area contributed by atoms with Gasteiger partial charge >= 0.3 is 0 Å². The molecular weight excluding hydrogens is 162 g/mol. The quantitative estimate of drug-likeness (QED) is 0.739. The first-order valence-electron chi connectivity index (χ1n) is 3.56. The molecule has 12 heavy (non-hydrogen) atoms. The van der Waals surface area contributed by atoms with Gasteiger partial charge in [-0.3, -0.25) is 0 Å². The Hall–Kier alpha value is -1.19. The number of halogens is 2. The number of nitrogens with one attached hydrogen (secondary N) is 1. The fraction of sp³-hybridized carbons (Fsp3) is 0.375. The molecule has 0 aliphatic carbocycles. The number of alkyl halides is 2. The summed E-state index contributed by atoms with van der Waals surface area (Å²) < 4.78 is 25.4. The van der Waals surface area contributed by atoms with Crippen molar-refractivity contribution in [2.75, 3.05) is 12.4 Å². The number of pyridine rings is 1. The highest BCUT2D eigenvalue weighted by atomic mass is 19.3. The lowest BCUT2D eigenvalue weighted by Crippen LogP contribution is -2.07. The minimum Gasteiger partial charge on any atom is -0.373 e. The second-order valence-electron chi connectivity index (χ2n) is 2.57. The van der Waals surface area contributed by atoms with Crippen LogP contribution in [0.4, 0.5) is 14.6 Å². The molecule has 0 spiro atoms. The summed E-state index contributed by atoms with van der Waals surface area (Å²) in [6.07, 6.45) is 1.36. The zero-order valence-electron chi connectivity index (χ0n) is 6.94. The van der Waals surface area contributed by atoms with Gasteiger partial charge in [-0.2, -0.15) is 0 Å². The largest absolute Gasteiger partial charge is 0.373 e. The molecule has 0 aliphatic rings. The third-order valence-corrected chi connectivity index (χ3v) is 1.52. The lowest BCUT2D eigenvalue weighted by molar-refractivity contribution is 0.0174. The maximum absolute atomic E-state index is 12.7. The fourth-order valence-electron chi connectivity index (χ4n) is 0.840. The highest BCUT2D eigenvalue weighted by Crippen LogP contribution is 2.27. The van der Waals surface area contributed by atoms with Crippen LogP contribution >= 0.6 is 0 Å². The van der Waals surface area contributed by atoms with E-state index >= 15 is 0 Å². The molecule has 0 radical (unpaired) electrons. The normalized spacial score (nSPS) is 11.3. The predicted octanol–water partition coefficient (Wildman–Crippen LogP) is 2.23. The summed E-state index contributed by atoms with van der Waals surface area (Å²) >= 11 is 0. The molecule has 2 nitrogen and oxygen atoms in total. The van der Waals surface area contributed by atoms with Gasteiger partial charge in [-0.15, -0.1) is 0 Å². The van der Waals surface area contributed by atoms with Crippen LogP contribution in [0.5, 0.6) is 0 Å². The summed E-state index contributed by atoms with van der Waals surface area (Å²) in [4.78, 5) is 3.83. The monoisotopic (exact) mass is 172 g/mol. The Morgan fingerprint density at radius 2 is 2.17 bits per heavy atom. The van der Waals surface area contributed by atoms with E-state index in [2.05, 4.69) is 10.3 Å². The molecule has 0 atom stereocenters. The van der Waals surface area contributed by atoms with Crippen molar-refractivity contribution in [3.8, 4) is 0 Å². The molecule has 1 aromatic heterocycles. The van der Waals surface area contributed by atoms with Crippen LogP contribution in [0.2, 0.25) is 0 Å². The number of hydrogen-bond acceptors (Lipinski definition) is 2. The molecule has 1 heterocycles. The second-order valence-corrected chi connectivity index (χ2v) is 2.57. The van der Waals surface area contributed by atoms with Crippen LogP contribution in [-0.2, 0) is 5.92 Å². The van der Waals surface area contributed by atoms with Crippen molar-refractivity contribution in [3.63, 3.8) is 0 Å². The van der Waals surface area contributed by atoms with Crippen LogP contribution in [-0.4, -0.2) is 12.0 Å². The van der Waals surface area contributed by atoms with Crippen LogP contribution < -0.4 is 5.32 Å². The fourth-order valence-corrected chi connectivity index (χ4v) is 0.840. The average Bonchev–Trinajstić information content (AvgIpc) is 2.03. The molecule has 0 saturated heterocycles. The number of nitrogens with zero attached hydrogens (tertiary/aromatic N) is 1. The Balaban J connectivity index is 3.02. The Morgan fingerprint density at radius 3 is 2.67 bits per heavy atom. The van der Waals surface area contributed by atoms with E-state index in [4.69, 9.17) is 0 Å². The van der Waals surface area contributed by atoms with Crippen molar-refractivity contribution in [2.24, 2.45) is 0 Å². The van der Waals surface area contributed by atoms with Crippen molar-refractivity contribution in [3.05, 3.63) is 23.9 Å². The molecule has 0 bridgehead atoms. The van der Waals surface area contributed by atoms with Gasteiger partial charge in [-0.05, 0) is 12.1 Å². The Labute approximate surface area is 69.6 Å². The van der Waals surface area contributed by atoms with Crippen molar-refractivity contribution < 1.29 is 8.78 Å². The summed E-state index contributed by atoms with van der Waals surface area (Å²) in [6.45, 7) is 0.863. The molecule has 1 aromatic rings. The van der Waals surface area contributed by atoms with E-state index in [1.54, 1.807) is 7.05 Å². The first kappa shape index (κ1) is 8.90. The smallest absolute Gasteiger partial charge is 0.270 e. The molecule has 0 aliphatic heterocycles. The van der Waals surface area contributed by atoms with Crippen LogP contribution in [0, 0.1) is 0 Å². The molecule has 66 valence electrons. The van der Waals surface area contributed by atoms with E-state index in [0.717, 1.165) is 6.92 Å². The summed E-state index contributed by atoms with van der Waals surface area (Å²) in [5.74, 6) is -2.34. The zero-order chi connectivity index (χ0) is 9.19. The Bertz CT molecular complexity index is 268. The van der Waals surface area contributed by atoms with E-state index < -0.39 is 5.92 Å². The molecule has 0 unspecified atom stereocenters. The molecule has 1 N–H and O–H groups in total. The molecule has 0 saturated carbocycles. The maximum atomic E-state index is 12.7.